The molecule has 0 aliphatic rings. The number of halogens is 2. The van der Waals surface area contributed by atoms with Crippen molar-refractivity contribution in [3.8, 4) is 5.69 Å². The van der Waals surface area contributed by atoms with Crippen LogP contribution in [0.2, 0.25) is 5.02 Å². The minimum atomic E-state index is -0.356. The number of fused-ring (bicyclic) bond motifs is 1. The molecule has 0 bridgehead atoms. The number of imidazole rings is 1. The lowest BCUT2D eigenvalue weighted by Gasteiger charge is -2.09. The van der Waals surface area contributed by atoms with E-state index < -0.39 is 0 Å². The highest BCUT2D eigenvalue weighted by Gasteiger charge is 2.15. The highest BCUT2D eigenvalue weighted by Crippen LogP contribution is 2.30. The molecule has 0 spiro atoms. The third-order valence-electron chi connectivity index (χ3n) is 3.00. The number of hydrogen-bond acceptors (Lipinski definition) is 2. The summed E-state index contributed by atoms with van der Waals surface area (Å²) in [5.74, 6) is -0.142. The third kappa shape index (κ3) is 1.85. The van der Waals surface area contributed by atoms with Crippen LogP contribution in [0, 0.1) is 12.7 Å². The van der Waals surface area contributed by atoms with Crippen LogP contribution >= 0.6 is 11.6 Å². The summed E-state index contributed by atoms with van der Waals surface area (Å²) in [4.78, 5) is 4.20. The summed E-state index contributed by atoms with van der Waals surface area (Å²) < 4.78 is 15.6. The first-order valence-corrected chi connectivity index (χ1v) is 6.14. The van der Waals surface area contributed by atoms with Gasteiger partial charge in [-0.15, -0.1) is 0 Å². The Morgan fingerprint density at radius 1 is 1.26 bits per heavy atom. The zero-order chi connectivity index (χ0) is 13.6. The number of hydrogen-bond donors (Lipinski definition) is 1. The maximum absolute atomic E-state index is 14.1. The highest BCUT2D eigenvalue weighted by atomic mass is 35.5. The highest BCUT2D eigenvalue weighted by molar-refractivity contribution is 6.35. The first kappa shape index (κ1) is 12.0. The summed E-state index contributed by atoms with van der Waals surface area (Å²) in [5, 5.41) is 0.488. The van der Waals surface area contributed by atoms with E-state index in [1.54, 1.807) is 24.3 Å². The van der Waals surface area contributed by atoms with Crippen LogP contribution in [0.5, 0.6) is 0 Å². The predicted molar refractivity (Wildman–Crippen MR) is 75.2 cm³/mol. The summed E-state index contributed by atoms with van der Waals surface area (Å²) in [7, 11) is 0. The Hall–Kier alpha value is -2.07. The number of benzene rings is 2. The second-order valence-electron chi connectivity index (χ2n) is 4.37. The molecule has 19 heavy (non-hydrogen) atoms. The van der Waals surface area contributed by atoms with Crippen LogP contribution in [0.1, 0.15) is 5.56 Å². The van der Waals surface area contributed by atoms with E-state index in [9.17, 15) is 4.39 Å². The molecule has 0 saturated carbocycles. The molecule has 1 aromatic heterocycles. The van der Waals surface area contributed by atoms with Crippen LogP contribution in [0.3, 0.4) is 0 Å². The summed E-state index contributed by atoms with van der Waals surface area (Å²) in [6.45, 7) is 1.83. The van der Waals surface area contributed by atoms with Crippen LogP contribution in [0.25, 0.3) is 16.7 Å². The van der Waals surface area contributed by atoms with Gasteiger partial charge in [-0.05, 0) is 36.8 Å². The summed E-state index contributed by atoms with van der Waals surface area (Å²) in [6.07, 6.45) is 0. The Kier molecular flexibility index (Phi) is 2.68. The molecule has 3 rings (SSSR count). The molecule has 0 fully saturated rings. The topological polar surface area (TPSA) is 43.8 Å². The van der Waals surface area contributed by atoms with E-state index in [4.69, 9.17) is 17.3 Å². The predicted octanol–water partition coefficient (Wildman–Crippen LogP) is 3.71. The SMILES string of the molecule is Cc1ccc(-n2c(N)nc3cccc(Cl)c32)c(F)c1. The van der Waals surface area contributed by atoms with Crippen molar-refractivity contribution in [3.63, 3.8) is 0 Å². The standard InChI is InChI=1S/C14H11ClFN3/c1-8-5-6-12(10(16)7-8)19-13-9(15)3-2-4-11(13)18-14(19)17/h2-7H,1H3,(H2,17,18). The lowest BCUT2D eigenvalue weighted by molar-refractivity contribution is 0.619. The maximum Gasteiger partial charge on any atom is 0.206 e. The van der Waals surface area contributed by atoms with Gasteiger partial charge >= 0.3 is 0 Å². The Bertz CT molecular complexity index is 780. The van der Waals surface area contributed by atoms with Crippen molar-refractivity contribution >= 4 is 28.6 Å². The largest absolute Gasteiger partial charge is 0.369 e. The Labute approximate surface area is 114 Å². The van der Waals surface area contributed by atoms with Crippen molar-refractivity contribution in [2.45, 2.75) is 6.92 Å². The van der Waals surface area contributed by atoms with Gasteiger partial charge in [0.1, 0.15) is 5.82 Å². The number of aryl methyl sites for hydroxylation is 1. The molecular weight excluding hydrogens is 265 g/mol. The number of nitrogens with zero attached hydrogens (tertiary/aromatic N) is 2. The second kappa shape index (κ2) is 4.24. The molecule has 1 heterocycles. The average molecular weight is 276 g/mol. The number of anilines is 1. The van der Waals surface area contributed by atoms with Gasteiger partial charge in [0.2, 0.25) is 5.95 Å². The molecule has 2 aromatic carbocycles. The molecule has 0 amide bonds. The third-order valence-corrected chi connectivity index (χ3v) is 3.30. The van der Waals surface area contributed by atoms with Crippen LogP contribution in [-0.2, 0) is 0 Å². The van der Waals surface area contributed by atoms with Gasteiger partial charge in [0.05, 0.1) is 21.7 Å². The lowest BCUT2D eigenvalue weighted by atomic mass is 10.2. The first-order chi connectivity index (χ1) is 9.08. The molecule has 0 aliphatic carbocycles. The van der Waals surface area contributed by atoms with Crippen LogP contribution in [0.4, 0.5) is 10.3 Å². The zero-order valence-corrected chi connectivity index (χ0v) is 10.9. The molecule has 2 N–H and O–H groups in total. The summed E-state index contributed by atoms with van der Waals surface area (Å²) >= 11 is 6.17. The maximum atomic E-state index is 14.1. The summed E-state index contributed by atoms with van der Waals surface area (Å²) in [6, 6.07) is 10.3. The average Bonchev–Trinajstić information content (AvgIpc) is 2.67. The van der Waals surface area contributed by atoms with Gasteiger partial charge in [0, 0.05) is 0 Å². The minimum Gasteiger partial charge on any atom is -0.369 e. The molecule has 0 unspecified atom stereocenters. The quantitative estimate of drug-likeness (QED) is 0.736. The van der Waals surface area contributed by atoms with Gasteiger partial charge in [0.15, 0.2) is 0 Å². The van der Waals surface area contributed by atoms with Crippen molar-refractivity contribution in [1.82, 2.24) is 9.55 Å². The Balaban J connectivity index is 2.39. The Morgan fingerprint density at radius 3 is 2.79 bits per heavy atom. The molecule has 3 aromatic rings. The normalized spacial score (nSPS) is 11.1. The van der Waals surface area contributed by atoms with Crippen molar-refractivity contribution in [3.05, 3.63) is 52.8 Å². The van der Waals surface area contributed by atoms with Gasteiger partial charge in [-0.2, -0.15) is 0 Å². The second-order valence-corrected chi connectivity index (χ2v) is 4.78. The molecule has 5 heteroatoms. The van der Waals surface area contributed by atoms with Gasteiger partial charge in [-0.25, -0.2) is 9.37 Å². The van der Waals surface area contributed by atoms with Crippen molar-refractivity contribution in [2.24, 2.45) is 0 Å². The molecule has 0 saturated heterocycles. The number of rotatable bonds is 1. The van der Waals surface area contributed by atoms with E-state index in [0.29, 0.717) is 21.7 Å². The number of para-hydroxylation sites is 1. The van der Waals surface area contributed by atoms with E-state index in [2.05, 4.69) is 4.98 Å². The zero-order valence-electron chi connectivity index (χ0n) is 10.2. The number of nitrogen functional groups attached to an aromatic ring is 1. The number of aromatic nitrogens is 2. The van der Waals surface area contributed by atoms with Gasteiger partial charge in [0.25, 0.3) is 0 Å². The molecule has 0 aliphatic heterocycles. The lowest BCUT2D eigenvalue weighted by Crippen LogP contribution is -2.03. The fraction of sp³-hybridized carbons (Fsp3) is 0.0714. The molecule has 3 nitrogen and oxygen atoms in total. The van der Waals surface area contributed by atoms with Gasteiger partial charge in [-0.3, -0.25) is 4.57 Å². The fourth-order valence-corrected chi connectivity index (χ4v) is 2.39. The van der Waals surface area contributed by atoms with Crippen LogP contribution in [0.15, 0.2) is 36.4 Å². The van der Waals surface area contributed by atoms with Crippen LogP contribution in [-0.4, -0.2) is 9.55 Å². The molecular formula is C14H11ClFN3. The van der Waals surface area contributed by atoms with E-state index in [1.807, 2.05) is 13.0 Å². The van der Waals surface area contributed by atoms with Gasteiger partial charge < -0.3 is 5.73 Å². The smallest absolute Gasteiger partial charge is 0.206 e. The molecule has 96 valence electrons. The van der Waals surface area contributed by atoms with E-state index >= 15 is 0 Å². The van der Waals surface area contributed by atoms with E-state index in [-0.39, 0.29) is 11.8 Å². The monoisotopic (exact) mass is 275 g/mol. The molecule has 0 atom stereocenters. The van der Waals surface area contributed by atoms with Crippen LogP contribution < -0.4 is 5.73 Å². The van der Waals surface area contributed by atoms with Crippen molar-refractivity contribution in [1.29, 1.82) is 0 Å². The van der Waals surface area contributed by atoms with Gasteiger partial charge in [-0.1, -0.05) is 23.7 Å². The van der Waals surface area contributed by atoms with E-state index in [0.717, 1.165) is 5.56 Å². The minimum absolute atomic E-state index is 0.214. The first-order valence-electron chi connectivity index (χ1n) is 5.77. The Morgan fingerprint density at radius 2 is 2.05 bits per heavy atom. The molecule has 0 radical (unpaired) electrons. The number of nitrogens with two attached hydrogens (primary N) is 1. The van der Waals surface area contributed by atoms with E-state index in [1.165, 1.54) is 10.6 Å². The summed E-state index contributed by atoms with van der Waals surface area (Å²) in [5.41, 5.74) is 8.34. The van der Waals surface area contributed by atoms with Crippen molar-refractivity contribution in [2.75, 3.05) is 5.73 Å². The fourth-order valence-electron chi connectivity index (χ4n) is 2.14. The van der Waals surface area contributed by atoms with Crippen molar-refractivity contribution < 1.29 is 4.39 Å².